The van der Waals surface area contributed by atoms with Crippen LogP contribution in [-0.4, -0.2) is 38.6 Å². The summed E-state index contributed by atoms with van der Waals surface area (Å²) in [5, 5.41) is 12.8. The van der Waals surface area contributed by atoms with Gasteiger partial charge in [0.2, 0.25) is 0 Å². The van der Waals surface area contributed by atoms with E-state index < -0.39 is 11.8 Å². The van der Waals surface area contributed by atoms with Crippen LogP contribution >= 0.6 is 0 Å². The second-order valence-corrected chi connectivity index (χ2v) is 3.15. The summed E-state index contributed by atoms with van der Waals surface area (Å²) in [5.41, 5.74) is 0. The fourth-order valence-electron chi connectivity index (χ4n) is 1.03. The van der Waals surface area contributed by atoms with Gasteiger partial charge in [-0.05, 0) is 19.3 Å². The molecule has 16 heavy (non-hydrogen) atoms. The van der Waals surface area contributed by atoms with E-state index in [4.69, 9.17) is 10.00 Å². The number of nitrogens with one attached hydrogen (secondary N) is 2. The van der Waals surface area contributed by atoms with Gasteiger partial charge in [0.25, 0.3) is 0 Å². The van der Waals surface area contributed by atoms with Gasteiger partial charge in [-0.3, -0.25) is 9.59 Å². The molecular weight excluding hydrogens is 210 g/mol. The van der Waals surface area contributed by atoms with Crippen LogP contribution in [0, 0.1) is 11.3 Å². The molecule has 0 aliphatic carbocycles. The first kappa shape index (κ1) is 14.4. The van der Waals surface area contributed by atoms with E-state index in [0.717, 1.165) is 19.3 Å². The van der Waals surface area contributed by atoms with Crippen molar-refractivity contribution in [3.8, 4) is 6.07 Å². The number of nitriles is 1. The lowest BCUT2D eigenvalue weighted by Gasteiger charge is -2.04. The van der Waals surface area contributed by atoms with Crippen molar-refractivity contribution >= 4 is 11.8 Å². The molecule has 0 heterocycles. The predicted molar refractivity (Wildman–Crippen MR) is 57.4 cm³/mol. The van der Waals surface area contributed by atoms with Gasteiger partial charge in [-0.25, -0.2) is 0 Å². The molecule has 2 amide bonds. The molecule has 90 valence electrons. The van der Waals surface area contributed by atoms with Crippen molar-refractivity contribution in [1.82, 2.24) is 10.6 Å². The van der Waals surface area contributed by atoms with E-state index in [1.54, 1.807) is 13.2 Å². The highest BCUT2D eigenvalue weighted by molar-refractivity contribution is 6.35. The summed E-state index contributed by atoms with van der Waals surface area (Å²) in [7, 11) is 1.64. The normalized spacial score (nSPS) is 9.25. The number of unbranched alkanes of at least 4 members (excludes halogenated alkanes) is 2. The molecule has 0 aliphatic rings. The van der Waals surface area contributed by atoms with Crippen LogP contribution < -0.4 is 10.6 Å². The smallest absolute Gasteiger partial charge is 0.310 e. The van der Waals surface area contributed by atoms with E-state index in [-0.39, 0.29) is 6.54 Å². The first-order valence-electron chi connectivity index (χ1n) is 5.14. The Bertz CT molecular complexity index is 261. The molecule has 0 rings (SSSR count). The third-order valence-electron chi connectivity index (χ3n) is 1.85. The van der Waals surface area contributed by atoms with Gasteiger partial charge >= 0.3 is 11.8 Å². The molecule has 0 aliphatic heterocycles. The zero-order valence-electron chi connectivity index (χ0n) is 9.41. The summed E-state index contributed by atoms with van der Waals surface area (Å²) < 4.78 is 4.87. The van der Waals surface area contributed by atoms with Crippen molar-refractivity contribution in [2.75, 3.05) is 26.8 Å². The molecule has 0 aromatic heterocycles. The first-order chi connectivity index (χ1) is 7.72. The molecule has 0 aromatic rings. The van der Waals surface area contributed by atoms with Gasteiger partial charge in [0, 0.05) is 20.3 Å². The maximum atomic E-state index is 11.1. The zero-order chi connectivity index (χ0) is 12.2. The van der Waals surface area contributed by atoms with Crippen LogP contribution in [0.5, 0.6) is 0 Å². The van der Waals surface area contributed by atoms with Crippen LogP contribution in [0.15, 0.2) is 0 Å². The number of carbonyl (C=O) groups is 2. The lowest BCUT2D eigenvalue weighted by molar-refractivity contribution is -0.139. The minimum absolute atomic E-state index is 0.153. The molecular formula is C10H17N3O3. The summed E-state index contributed by atoms with van der Waals surface area (Å²) in [4.78, 5) is 22.1. The van der Waals surface area contributed by atoms with Gasteiger partial charge in [-0.1, -0.05) is 0 Å². The van der Waals surface area contributed by atoms with Crippen molar-refractivity contribution in [3.63, 3.8) is 0 Å². The zero-order valence-corrected chi connectivity index (χ0v) is 9.41. The Morgan fingerprint density at radius 1 is 1.19 bits per heavy atom. The predicted octanol–water partition coefficient (Wildman–Crippen LogP) is -0.441. The van der Waals surface area contributed by atoms with Crippen LogP contribution in [-0.2, 0) is 14.3 Å². The van der Waals surface area contributed by atoms with Crippen molar-refractivity contribution in [2.24, 2.45) is 0 Å². The fraction of sp³-hybridized carbons (Fsp3) is 0.700. The van der Waals surface area contributed by atoms with Gasteiger partial charge in [-0.15, -0.1) is 0 Å². The first-order valence-corrected chi connectivity index (χ1v) is 5.14. The minimum Gasteiger partial charge on any atom is -0.385 e. The summed E-state index contributed by atoms with van der Waals surface area (Å²) in [6.07, 6.45) is 2.68. The summed E-state index contributed by atoms with van der Waals surface area (Å²) in [6, 6.07) is 1.72. The van der Waals surface area contributed by atoms with Gasteiger partial charge in [0.15, 0.2) is 0 Å². The molecule has 0 atom stereocenters. The monoisotopic (exact) mass is 227 g/mol. The second-order valence-electron chi connectivity index (χ2n) is 3.15. The summed E-state index contributed by atoms with van der Waals surface area (Å²) in [6.45, 7) is 1.01. The fourth-order valence-corrected chi connectivity index (χ4v) is 1.03. The van der Waals surface area contributed by atoms with E-state index in [1.165, 1.54) is 0 Å². The van der Waals surface area contributed by atoms with E-state index >= 15 is 0 Å². The highest BCUT2D eigenvalue weighted by atomic mass is 16.5. The third-order valence-corrected chi connectivity index (χ3v) is 1.85. The van der Waals surface area contributed by atoms with Crippen LogP contribution in [0.25, 0.3) is 0 Å². The Balaban J connectivity index is 3.43. The van der Waals surface area contributed by atoms with Crippen molar-refractivity contribution < 1.29 is 14.3 Å². The maximum absolute atomic E-state index is 11.1. The van der Waals surface area contributed by atoms with Crippen LogP contribution in [0.4, 0.5) is 0 Å². The van der Waals surface area contributed by atoms with E-state index in [2.05, 4.69) is 10.6 Å². The van der Waals surface area contributed by atoms with Crippen molar-refractivity contribution in [2.45, 2.75) is 19.3 Å². The average Bonchev–Trinajstić information content (AvgIpc) is 2.30. The molecule has 0 fully saturated rings. The SMILES string of the molecule is COCCCCCNC(=O)C(=O)NCC#N. The van der Waals surface area contributed by atoms with Gasteiger partial charge < -0.3 is 15.4 Å². The molecule has 0 spiro atoms. The van der Waals surface area contributed by atoms with Crippen LogP contribution in [0.1, 0.15) is 19.3 Å². The van der Waals surface area contributed by atoms with E-state index in [1.807, 2.05) is 0 Å². The van der Waals surface area contributed by atoms with Crippen LogP contribution in [0.3, 0.4) is 0 Å². The Hall–Kier alpha value is -1.61. The number of amides is 2. The van der Waals surface area contributed by atoms with Gasteiger partial charge in [0.05, 0.1) is 6.07 Å². The summed E-state index contributed by atoms with van der Waals surface area (Å²) >= 11 is 0. The number of carbonyl (C=O) groups excluding carboxylic acids is 2. The molecule has 0 radical (unpaired) electrons. The lowest BCUT2D eigenvalue weighted by atomic mass is 10.2. The number of hydrogen-bond donors (Lipinski definition) is 2. The Morgan fingerprint density at radius 3 is 2.50 bits per heavy atom. The molecule has 0 saturated carbocycles. The third kappa shape index (κ3) is 7.76. The molecule has 6 heteroatoms. The van der Waals surface area contributed by atoms with Gasteiger partial charge in [-0.2, -0.15) is 5.26 Å². The molecule has 0 unspecified atom stereocenters. The highest BCUT2D eigenvalue weighted by Crippen LogP contribution is 1.93. The van der Waals surface area contributed by atoms with E-state index in [9.17, 15) is 9.59 Å². The van der Waals surface area contributed by atoms with E-state index in [0.29, 0.717) is 13.2 Å². The molecule has 0 bridgehead atoms. The Morgan fingerprint density at radius 2 is 1.88 bits per heavy atom. The van der Waals surface area contributed by atoms with Crippen molar-refractivity contribution in [3.05, 3.63) is 0 Å². The molecule has 0 saturated heterocycles. The van der Waals surface area contributed by atoms with Crippen LogP contribution in [0.2, 0.25) is 0 Å². The lowest BCUT2D eigenvalue weighted by Crippen LogP contribution is -2.40. The molecule has 2 N–H and O–H groups in total. The minimum atomic E-state index is -0.765. The quantitative estimate of drug-likeness (QED) is 0.350. The number of hydrogen-bond acceptors (Lipinski definition) is 4. The van der Waals surface area contributed by atoms with Crippen molar-refractivity contribution in [1.29, 1.82) is 5.26 Å². The number of nitrogens with zero attached hydrogens (tertiary/aromatic N) is 1. The largest absolute Gasteiger partial charge is 0.385 e. The topological polar surface area (TPSA) is 91.2 Å². The number of ether oxygens (including phenoxy) is 1. The average molecular weight is 227 g/mol. The molecule has 6 nitrogen and oxygen atoms in total. The number of methoxy groups -OCH3 is 1. The second kappa shape index (κ2) is 9.93. The summed E-state index contributed by atoms with van der Waals surface area (Å²) in [5.74, 6) is -1.46. The number of rotatable bonds is 7. The highest BCUT2D eigenvalue weighted by Gasteiger charge is 2.10. The Kier molecular flexibility index (Phi) is 8.93. The molecule has 0 aromatic carbocycles. The standard InChI is InChI=1S/C10H17N3O3/c1-16-8-4-2-3-6-12-9(14)10(15)13-7-5-11/h2-4,6-8H2,1H3,(H,12,14)(H,13,15). The maximum Gasteiger partial charge on any atom is 0.310 e. The van der Waals surface area contributed by atoms with Gasteiger partial charge in [0.1, 0.15) is 6.54 Å². The Labute approximate surface area is 95.0 Å².